The first-order valence-corrected chi connectivity index (χ1v) is 11.9. The summed E-state index contributed by atoms with van der Waals surface area (Å²) in [4.78, 5) is 55.0. The summed E-state index contributed by atoms with van der Waals surface area (Å²) in [7, 11) is 0. The minimum Gasteiger partial charge on any atom is -0.339 e. The number of anilines is 1. The normalized spacial score (nSPS) is 20.2. The number of benzene rings is 1. The van der Waals surface area contributed by atoms with Gasteiger partial charge in [0.05, 0.1) is 0 Å². The molecule has 0 atom stereocenters. The number of urea groups is 2. The van der Waals surface area contributed by atoms with Crippen molar-refractivity contribution in [3.05, 3.63) is 28.8 Å². The second-order valence-electron chi connectivity index (χ2n) is 9.04. The van der Waals surface area contributed by atoms with Crippen LogP contribution >= 0.6 is 11.6 Å². The molecule has 3 aliphatic rings. The summed E-state index contributed by atoms with van der Waals surface area (Å²) in [5.74, 6) is -0.316. The molecule has 1 saturated carbocycles. The third-order valence-electron chi connectivity index (χ3n) is 6.84. The first kappa shape index (κ1) is 23.4. The van der Waals surface area contributed by atoms with E-state index in [1.165, 1.54) is 4.90 Å². The molecule has 178 valence electrons. The van der Waals surface area contributed by atoms with Gasteiger partial charge < -0.3 is 20.4 Å². The average molecular weight is 476 g/mol. The van der Waals surface area contributed by atoms with Crippen LogP contribution in [0.2, 0.25) is 5.02 Å². The molecule has 1 aliphatic carbocycles. The van der Waals surface area contributed by atoms with Crippen LogP contribution in [0, 0.1) is 6.92 Å². The molecule has 2 saturated heterocycles. The summed E-state index contributed by atoms with van der Waals surface area (Å²) in [6.07, 6.45) is 4.35. The van der Waals surface area contributed by atoms with Crippen LogP contribution in [0.4, 0.5) is 15.3 Å². The predicted octanol–water partition coefficient (Wildman–Crippen LogP) is 2.97. The van der Waals surface area contributed by atoms with Gasteiger partial charge in [-0.3, -0.25) is 14.5 Å². The zero-order valence-corrected chi connectivity index (χ0v) is 19.6. The highest BCUT2D eigenvalue weighted by atomic mass is 35.5. The van der Waals surface area contributed by atoms with Crippen LogP contribution < -0.4 is 10.6 Å². The lowest BCUT2D eigenvalue weighted by Crippen LogP contribution is -2.52. The molecule has 3 fully saturated rings. The SMILES string of the molecule is Cc1ccc(NC(=O)N2CCN(C(=O)CCN3C(=O)NC4(CCCCC4)C3=O)CC2)cc1Cl. The minimum absolute atomic E-state index is 0.0835. The summed E-state index contributed by atoms with van der Waals surface area (Å²) in [5, 5.41) is 6.29. The fourth-order valence-corrected chi connectivity index (χ4v) is 4.95. The van der Waals surface area contributed by atoms with E-state index in [2.05, 4.69) is 10.6 Å². The Morgan fingerprint density at radius 3 is 2.39 bits per heavy atom. The predicted molar refractivity (Wildman–Crippen MR) is 124 cm³/mol. The van der Waals surface area contributed by atoms with Crippen molar-refractivity contribution in [2.75, 3.05) is 38.0 Å². The second kappa shape index (κ2) is 9.59. The molecule has 1 aromatic rings. The van der Waals surface area contributed by atoms with Gasteiger partial charge in [0.15, 0.2) is 0 Å². The number of halogens is 1. The van der Waals surface area contributed by atoms with E-state index < -0.39 is 11.6 Å². The molecule has 0 aromatic heterocycles. The fraction of sp³-hybridized carbons (Fsp3) is 0.565. The van der Waals surface area contributed by atoms with Gasteiger partial charge in [-0.05, 0) is 37.5 Å². The van der Waals surface area contributed by atoms with Gasteiger partial charge in [-0.25, -0.2) is 9.59 Å². The van der Waals surface area contributed by atoms with Gasteiger partial charge in [0, 0.05) is 49.9 Å². The number of aryl methyl sites for hydroxylation is 1. The molecule has 2 heterocycles. The zero-order chi connectivity index (χ0) is 23.6. The van der Waals surface area contributed by atoms with Crippen LogP contribution in [0.25, 0.3) is 0 Å². The highest BCUT2D eigenvalue weighted by Gasteiger charge is 2.51. The number of nitrogens with one attached hydrogen (secondary N) is 2. The molecule has 4 rings (SSSR count). The monoisotopic (exact) mass is 475 g/mol. The van der Waals surface area contributed by atoms with E-state index in [9.17, 15) is 19.2 Å². The lowest BCUT2D eigenvalue weighted by Gasteiger charge is -2.35. The quantitative estimate of drug-likeness (QED) is 0.653. The Morgan fingerprint density at radius 2 is 1.73 bits per heavy atom. The summed E-state index contributed by atoms with van der Waals surface area (Å²) >= 11 is 6.12. The maximum Gasteiger partial charge on any atom is 0.325 e. The van der Waals surface area contributed by atoms with Gasteiger partial charge in [-0.1, -0.05) is 36.9 Å². The van der Waals surface area contributed by atoms with Crippen LogP contribution in [-0.2, 0) is 9.59 Å². The van der Waals surface area contributed by atoms with Gasteiger partial charge >= 0.3 is 12.1 Å². The van der Waals surface area contributed by atoms with Gasteiger partial charge in [-0.2, -0.15) is 0 Å². The largest absolute Gasteiger partial charge is 0.339 e. The third kappa shape index (κ3) is 4.93. The highest BCUT2D eigenvalue weighted by molar-refractivity contribution is 6.31. The van der Waals surface area contributed by atoms with Crippen LogP contribution in [0.1, 0.15) is 44.1 Å². The Labute approximate surface area is 198 Å². The Bertz CT molecular complexity index is 954. The number of carbonyl (C=O) groups is 4. The average Bonchev–Trinajstić information content (AvgIpc) is 3.03. The van der Waals surface area contributed by atoms with E-state index in [0.717, 1.165) is 24.8 Å². The molecule has 2 aliphatic heterocycles. The van der Waals surface area contributed by atoms with Gasteiger partial charge in [0.2, 0.25) is 5.91 Å². The van der Waals surface area contributed by atoms with Gasteiger partial charge in [-0.15, -0.1) is 0 Å². The maximum absolute atomic E-state index is 12.8. The van der Waals surface area contributed by atoms with Crippen LogP contribution in [0.5, 0.6) is 0 Å². The van der Waals surface area contributed by atoms with E-state index >= 15 is 0 Å². The van der Waals surface area contributed by atoms with E-state index in [0.29, 0.717) is 49.7 Å². The summed E-state index contributed by atoms with van der Waals surface area (Å²) < 4.78 is 0. The number of carbonyl (C=O) groups excluding carboxylic acids is 4. The molecule has 1 aromatic carbocycles. The van der Waals surface area contributed by atoms with Crippen LogP contribution in [-0.4, -0.2) is 76.8 Å². The summed E-state index contributed by atoms with van der Waals surface area (Å²) in [6, 6.07) is 4.72. The van der Waals surface area contributed by atoms with Gasteiger partial charge in [0.25, 0.3) is 5.91 Å². The molecular weight excluding hydrogens is 446 g/mol. The number of rotatable bonds is 4. The van der Waals surface area contributed by atoms with Crippen molar-refractivity contribution >= 4 is 41.2 Å². The highest BCUT2D eigenvalue weighted by Crippen LogP contribution is 2.33. The number of piperazine rings is 1. The lowest BCUT2D eigenvalue weighted by atomic mass is 9.82. The van der Waals surface area contributed by atoms with Crippen LogP contribution in [0.15, 0.2) is 18.2 Å². The first-order chi connectivity index (χ1) is 15.8. The summed E-state index contributed by atoms with van der Waals surface area (Å²) in [6.45, 7) is 3.60. The van der Waals surface area contributed by atoms with Crippen LogP contribution in [0.3, 0.4) is 0 Å². The fourth-order valence-electron chi connectivity index (χ4n) is 4.77. The summed E-state index contributed by atoms with van der Waals surface area (Å²) in [5.41, 5.74) is 0.793. The van der Waals surface area contributed by atoms with Crippen molar-refractivity contribution in [1.82, 2.24) is 20.0 Å². The Kier molecular flexibility index (Phi) is 6.78. The number of imide groups is 1. The molecular formula is C23H30ClN5O4. The Balaban J connectivity index is 1.24. The molecule has 0 bridgehead atoms. The van der Waals surface area contributed by atoms with Gasteiger partial charge in [0.1, 0.15) is 5.54 Å². The van der Waals surface area contributed by atoms with E-state index in [4.69, 9.17) is 11.6 Å². The zero-order valence-electron chi connectivity index (χ0n) is 18.9. The Morgan fingerprint density at radius 1 is 1.06 bits per heavy atom. The topological polar surface area (TPSA) is 102 Å². The van der Waals surface area contributed by atoms with Crippen molar-refractivity contribution in [2.24, 2.45) is 0 Å². The van der Waals surface area contributed by atoms with Crippen molar-refractivity contribution < 1.29 is 19.2 Å². The van der Waals surface area contributed by atoms with E-state index in [-0.39, 0.29) is 30.8 Å². The molecule has 6 amide bonds. The molecule has 9 nitrogen and oxygen atoms in total. The number of hydrogen-bond acceptors (Lipinski definition) is 4. The van der Waals surface area contributed by atoms with Crippen molar-refractivity contribution in [3.63, 3.8) is 0 Å². The molecule has 10 heteroatoms. The van der Waals surface area contributed by atoms with Crippen molar-refractivity contribution in [1.29, 1.82) is 0 Å². The number of nitrogens with zero attached hydrogens (tertiary/aromatic N) is 3. The number of hydrogen-bond donors (Lipinski definition) is 2. The smallest absolute Gasteiger partial charge is 0.325 e. The van der Waals surface area contributed by atoms with E-state index in [1.807, 2.05) is 13.0 Å². The standard InChI is InChI=1S/C23H30ClN5O4/c1-16-5-6-17(15-18(16)24)25-21(32)28-13-11-27(12-14-28)19(30)7-10-29-20(31)23(26-22(29)33)8-3-2-4-9-23/h5-6,15H,2-4,7-14H2,1H3,(H,25,32)(H,26,33). The van der Waals surface area contributed by atoms with Crippen molar-refractivity contribution in [3.8, 4) is 0 Å². The Hall–Kier alpha value is -2.81. The minimum atomic E-state index is -0.765. The lowest BCUT2D eigenvalue weighted by molar-refractivity contribution is -0.135. The molecule has 0 radical (unpaired) electrons. The molecule has 0 unspecified atom stereocenters. The first-order valence-electron chi connectivity index (χ1n) is 11.5. The van der Waals surface area contributed by atoms with Crippen molar-refractivity contribution in [2.45, 2.75) is 51.0 Å². The van der Waals surface area contributed by atoms with E-state index in [1.54, 1.807) is 21.9 Å². The second-order valence-corrected chi connectivity index (χ2v) is 9.45. The molecule has 33 heavy (non-hydrogen) atoms. The third-order valence-corrected chi connectivity index (χ3v) is 7.25. The maximum atomic E-state index is 12.8. The number of amides is 6. The molecule has 1 spiro atoms. The molecule has 2 N–H and O–H groups in total.